The Bertz CT molecular complexity index is 637. The second-order valence-electron chi connectivity index (χ2n) is 6.62. The first-order valence-corrected chi connectivity index (χ1v) is 8.51. The van der Waals surface area contributed by atoms with Crippen LogP contribution in [-0.2, 0) is 16.0 Å². The summed E-state index contributed by atoms with van der Waals surface area (Å²) in [5.74, 6) is 0.412. The van der Waals surface area contributed by atoms with E-state index >= 15 is 0 Å². The monoisotopic (exact) mass is 336 g/mol. The van der Waals surface area contributed by atoms with Gasteiger partial charge in [0.15, 0.2) is 0 Å². The molecule has 1 aromatic heterocycles. The standard InChI is InChI=1S/C17H28N4O3/c1-5-17(4,21-6-8-24-9-7-21)11-18-15(22)10-14-12(2)19-13(3)20-16(14)23/h5-11H2,1-4H3,(H,18,22)(H,19,20,23)/t17-/m0/s1. The quantitative estimate of drug-likeness (QED) is 0.792. The van der Waals surface area contributed by atoms with Crippen LogP contribution in [0.3, 0.4) is 0 Å². The number of carbonyl (C=O) groups is 1. The van der Waals surface area contributed by atoms with E-state index in [-0.39, 0.29) is 23.4 Å². The number of nitrogens with zero attached hydrogens (tertiary/aromatic N) is 2. The maximum Gasteiger partial charge on any atom is 0.254 e. The van der Waals surface area contributed by atoms with Gasteiger partial charge >= 0.3 is 0 Å². The molecule has 1 aromatic rings. The fourth-order valence-corrected chi connectivity index (χ4v) is 3.03. The molecule has 0 radical (unpaired) electrons. The van der Waals surface area contributed by atoms with Gasteiger partial charge in [0.2, 0.25) is 5.91 Å². The van der Waals surface area contributed by atoms with Gasteiger partial charge < -0.3 is 15.0 Å². The van der Waals surface area contributed by atoms with Crippen LogP contribution in [-0.4, -0.2) is 59.2 Å². The van der Waals surface area contributed by atoms with E-state index in [9.17, 15) is 9.59 Å². The molecule has 1 amide bonds. The van der Waals surface area contributed by atoms with Gasteiger partial charge in [-0.15, -0.1) is 0 Å². The Kier molecular flexibility index (Phi) is 6.12. The van der Waals surface area contributed by atoms with Crippen molar-refractivity contribution in [3.63, 3.8) is 0 Å². The zero-order valence-electron chi connectivity index (χ0n) is 15.1. The van der Waals surface area contributed by atoms with Crippen LogP contribution in [0.2, 0.25) is 0 Å². The minimum absolute atomic E-state index is 0.0529. The highest BCUT2D eigenvalue weighted by molar-refractivity contribution is 5.78. The molecule has 1 fully saturated rings. The molecule has 0 unspecified atom stereocenters. The molecule has 7 heteroatoms. The Labute approximate surface area is 142 Å². The van der Waals surface area contributed by atoms with Gasteiger partial charge in [0.05, 0.1) is 19.6 Å². The van der Waals surface area contributed by atoms with Crippen LogP contribution < -0.4 is 10.9 Å². The minimum Gasteiger partial charge on any atom is -0.379 e. The van der Waals surface area contributed by atoms with E-state index < -0.39 is 0 Å². The van der Waals surface area contributed by atoms with Crippen LogP contribution in [0.15, 0.2) is 4.79 Å². The average Bonchev–Trinajstić information content (AvgIpc) is 2.56. The number of rotatable bonds is 6. The number of carbonyl (C=O) groups excluding carboxylic acids is 1. The van der Waals surface area contributed by atoms with Crippen LogP contribution >= 0.6 is 0 Å². The SMILES string of the molecule is CC[C@@](C)(CNC(=O)Cc1c(C)nc(C)[nH]c1=O)N1CCOCC1. The summed E-state index contributed by atoms with van der Waals surface area (Å²) in [4.78, 5) is 33.6. The fourth-order valence-electron chi connectivity index (χ4n) is 3.03. The first kappa shape index (κ1) is 18.6. The number of hydrogen-bond donors (Lipinski definition) is 2. The van der Waals surface area contributed by atoms with Crippen molar-refractivity contribution in [3.8, 4) is 0 Å². The van der Waals surface area contributed by atoms with Crippen molar-refractivity contribution in [2.45, 2.75) is 46.1 Å². The van der Waals surface area contributed by atoms with Crippen molar-refractivity contribution in [3.05, 3.63) is 27.4 Å². The summed E-state index contributed by atoms with van der Waals surface area (Å²) in [6.45, 7) is 11.5. The normalized spacial score (nSPS) is 18.2. The molecule has 1 saturated heterocycles. The third-order valence-electron chi connectivity index (χ3n) is 4.88. The Hall–Kier alpha value is -1.73. The molecule has 1 aliphatic rings. The first-order chi connectivity index (χ1) is 11.4. The maximum absolute atomic E-state index is 12.3. The van der Waals surface area contributed by atoms with Crippen molar-refractivity contribution in [1.29, 1.82) is 0 Å². The molecule has 134 valence electrons. The van der Waals surface area contributed by atoms with E-state index in [0.717, 1.165) is 32.7 Å². The Balaban J connectivity index is 1.98. The summed E-state index contributed by atoms with van der Waals surface area (Å²) in [7, 11) is 0. The number of aryl methyl sites for hydroxylation is 2. The van der Waals surface area contributed by atoms with E-state index in [1.165, 1.54) is 0 Å². The fraction of sp³-hybridized carbons (Fsp3) is 0.706. The second-order valence-corrected chi connectivity index (χ2v) is 6.62. The van der Waals surface area contributed by atoms with E-state index in [0.29, 0.717) is 23.6 Å². The predicted molar refractivity (Wildman–Crippen MR) is 92.1 cm³/mol. The summed E-state index contributed by atoms with van der Waals surface area (Å²) in [6, 6.07) is 0. The lowest BCUT2D eigenvalue weighted by Gasteiger charge is -2.43. The molecule has 7 nitrogen and oxygen atoms in total. The molecular weight excluding hydrogens is 308 g/mol. The smallest absolute Gasteiger partial charge is 0.254 e. The molecule has 0 spiro atoms. The van der Waals surface area contributed by atoms with Gasteiger partial charge in [0.1, 0.15) is 5.82 Å². The number of ether oxygens (including phenoxy) is 1. The molecule has 24 heavy (non-hydrogen) atoms. The minimum atomic E-state index is -0.235. The van der Waals surface area contributed by atoms with Gasteiger partial charge in [0, 0.05) is 36.4 Å². The molecule has 0 saturated carbocycles. The number of aromatic nitrogens is 2. The van der Waals surface area contributed by atoms with Crippen LogP contribution in [0.1, 0.15) is 37.4 Å². The highest BCUT2D eigenvalue weighted by Gasteiger charge is 2.31. The summed E-state index contributed by atoms with van der Waals surface area (Å²) in [5, 5.41) is 2.99. The van der Waals surface area contributed by atoms with Gasteiger partial charge in [-0.25, -0.2) is 4.98 Å². The molecule has 2 heterocycles. The van der Waals surface area contributed by atoms with Crippen molar-refractivity contribution in [2.24, 2.45) is 0 Å². The molecule has 0 bridgehead atoms. The Morgan fingerprint density at radius 1 is 1.38 bits per heavy atom. The number of nitrogens with one attached hydrogen (secondary N) is 2. The van der Waals surface area contributed by atoms with Gasteiger partial charge in [-0.05, 0) is 27.2 Å². The number of amides is 1. The highest BCUT2D eigenvalue weighted by atomic mass is 16.5. The van der Waals surface area contributed by atoms with Crippen molar-refractivity contribution < 1.29 is 9.53 Å². The van der Waals surface area contributed by atoms with Crippen LogP contribution in [0.4, 0.5) is 0 Å². The Morgan fingerprint density at radius 2 is 2.04 bits per heavy atom. The predicted octanol–water partition coefficient (Wildman–Crippen LogP) is 0.546. The molecule has 2 rings (SSSR count). The van der Waals surface area contributed by atoms with Crippen LogP contribution in [0.5, 0.6) is 0 Å². The number of hydrogen-bond acceptors (Lipinski definition) is 5. The first-order valence-electron chi connectivity index (χ1n) is 8.51. The molecule has 1 atom stereocenters. The lowest BCUT2D eigenvalue weighted by atomic mass is 9.95. The number of morpholine rings is 1. The number of aromatic amines is 1. The lowest BCUT2D eigenvalue weighted by Crippen LogP contribution is -2.57. The summed E-state index contributed by atoms with van der Waals surface area (Å²) < 4.78 is 5.41. The summed E-state index contributed by atoms with van der Waals surface area (Å²) in [5.41, 5.74) is 0.703. The van der Waals surface area contributed by atoms with Crippen molar-refractivity contribution in [1.82, 2.24) is 20.2 Å². The van der Waals surface area contributed by atoms with E-state index in [4.69, 9.17) is 4.74 Å². The van der Waals surface area contributed by atoms with Crippen molar-refractivity contribution >= 4 is 5.91 Å². The van der Waals surface area contributed by atoms with Gasteiger partial charge in [-0.2, -0.15) is 0 Å². The highest BCUT2D eigenvalue weighted by Crippen LogP contribution is 2.20. The lowest BCUT2D eigenvalue weighted by molar-refractivity contribution is -0.121. The van der Waals surface area contributed by atoms with Crippen molar-refractivity contribution in [2.75, 3.05) is 32.8 Å². The van der Waals surface area contributed by atoms with Gasteiger partial charge in [-0.1, -0.05) is 6.92 Å². The third kappa shape index (κ3) is 4.42. The third-order valence-corrected chi connectivity index (χ3v) is 4.88. The Morgan fingerprint density at radius 3 is 2.62 bits per heavy atom. The van der Waals surface area contributed by atoms with E-state index in [1.807, 2.05) is 0 Å². The zero-order chi connectivity index (χ0) is 17.7. The molecular formula is C17H28N4O3. The van der Waals surface area contributed by atoms with Gasteiger partial charge in [0.25, 0.3) is 5.56 Å². The zero-order valence-corrected chi connectivity index (χ0v) is 15.1. The van der Waals surface area contributed by atoms with Gasteiger partial charge in [-0.3, -0.25) is 14.5 Å². The molecule has 0 aromatic carbocycles. The van der Waals surface area contributed by atoms with Crippen LogP contribution in [0.25, 0.3) is 0 Å². The average molecular weight is 336 g/mol. The molecule has 0 aliphatic carbocycles. The topological polar surface area (TPSA) is 87.3 Å². The van der Waals surface area contributed by atoms with E-state index in [2.05, 4.69) is 34.0 Å². The summed E-state index contributed by atoms with van der Waals surface area (Å²) in [6.07, 6.45) is 0.982. The molecule has 2 N–H and O–H groups in total. The van der Waals surface area contributed by atoms with Crippen LogP contribution in [0, 0.1) is 13.8 Å². The number of H-pyrrole nitrogens is 1. The maximum atomic E-state index is 12.3. The second kappa shape index (κ2) is 7.90. The van der Waals surface area contributed by atoms with E-state index in [1.54, 1.807) is 13.8 Å². The largest absolute Gasteiger partial charge is 0.379 e. The molecule has 1 aliphatic heterocycles. The summed E-state index contributed by atoms with van der Waals surface area (Å²) >= 11 is 0.